The monoisotopic (exact) mass is 407 g/mol. The van der Waals surface area contributed by atoms with E-state index >= 15 is 0 Å². The molecule has 2 aromatic carbocycles. The van der Waals surface area contributed by atoms with Crippen LogP contribution in [0, 0.1) is 0 Å². The van der Waals surface area contributed by atoms with E-state index in [9.17, 15) is 0 Å². The van der Waals surface area contributed by atoms with Crippen molar-refractivity contribution in [3.05, 3.63) is 59.1 Å². The second-order valence-electron chi connectivity index (χ2n) is 7.95. The first kappa shape index (κ1) is 18.6. The summed E-state index contributed by atoms with van der Waals surface area (Å²) in [6, 6.07) is 16.6. The highest BCUT2D eigenvalue weighted by Gasteiger charge is 2.23. The van der Waals surface area contributed by atoms with Gasteiger partial charge in [0.15, 0.2) is 0 Å². The number of fused-ring (bicyclic) bond motifs is 1. The zero-order valence-electron chi connectivity index (χ0n) is 16.6. The molecule has 1 aromatic heterocycles. The smallest absolute Gasteiger partial charge is 0.227 e. The minimum atomic E-state index is 0.792. The zero-order chi connectivity index (χ0) is 19.6. The van der Waals surface area contributed by atoms with E-state index in [2.05, 4.69) is 51.1 Å². The van der Waals surface area contributed by atoms with Crippen LogP contribution in [-0.2, 0) is 6.54 Å². The predicted molar refractivity (Wildman–Crippen MR) is 120 cm³/mol. The molecule has 0 amide bonds. The Balaban J connectivity index is 1.33. The van der Waals surface area contributed by atoms with Gasteiger partial charge in [0.25, 0.3) is 0 Å². The fourth-order valence-electron chi connectivity index (χ4n) is 4.31. The minimum Gasteiger partial charge on any atom is -0.356 e. The van der Waals surface area contributed by atoms with E-state index in [4.69, 9.17) is 21.6 Å². The summed E-state index contributed by atoms with van der Waals surface area (Å²) >= 11 is 6.01. The van der Waals surface area contributed by atoms with Gasteiger partial charge in [-0.2, -0.15) is 4.98 Å². The van der Waals surface area contributed by atoms with E-state index in [1.54, 1.807) is 0 Å². The van der Waals surface area contributed by atoms with Crippen LogP contribution in [0.25, 0.3) is 10.9 Å². The lowest BCUT2D eigenvalue weighted by Crippen LogP contribution is -2.46. The molecule has 0 radical (unpaired) electrons. The van der Waals surface area contributed by atoms with Gasteiger partial charge in [0, 0.05) is 56.2 Å². The molecular weight excluding hydrogens is 382 g/mol. The van der Waals surface area contributed by atoms with Crippen molar-refractivity contribution in [2.75, 3.05) is 49.1 Å². The molecule has 29 heavy (non-hydrogen) atoms. The van der Waals surface area contributed by atoms with Crippen molar-refractivity contribution in [2.24, 2.45) is 0 Å². The summed E-state index contributed by atoms with van der Waals surface area (Å²) in [4.78, 5) is 17.2. The van der Waals surface area contributed by atoms with Gasteiger partial charge in [-0.25, -0.2) is 4.98 Å². The number of para-hydroxylation sites is 1. The van der Waals surface area contributed by atoms with Crippen LogP contribution in [0.15, 0.2) is 48.5 Å². The van der Waals surface area contributed by atoms with E-state index in [0.717, 1.165) is 68.1 Å². The predicted octanol–water partition coefficient (Wildman–Crippen LogP) is 4.21. The maximum Gasteiger partial charge on any atom is 0.227 e. The number of rotatable bonds is 4. The number of aromatic nitrogens is 2. The van der Waals surface area contributed by atoms with Gasteiger partial charge in [0.2, 0.25) is 5.95 Å². The van der Waals surface area contributed by atoms with E-state index in [-0.39, 0.29) is 0 Å². The van der Waals surface area contributed by atoms with Crippen LogP contribution in [0.3, 0.4) is 0 Å². The molecule has 0 bridgehead atoms. The average molecular weight is 408 g/mol. The Bertz CT molecular complexity index is 976. The molecule has 5 nitrogen and oxygen atoms in total. The standard InChI is InChI=1S/C23H26ClN5/c24-19-9-7-18(8-10-19)17-27-13-15-29(16-14-27)23-25-21-6-2-1-5-20(21)22(26-23)28-11-3-4-12-28/h1-2,5-10H,3-4,11-17H2. The van der Waals surface area contributed by atoms with Crippen molar-refractivity contribution in [3.63, 3.8) is 0 Å². The largest absolute Gasteiger partial charge is 0.356 e. The Morgan fingerprint density at radius 2 is 1.48 bits per heavy atom. The molecule has 3 heterocycles. The second kappa shape index (κ2) is 8.17. The molecule has 0 spiro atoms. The summed E-state index contributed by atoms with van der Waals surface area (Å²) < 4.78 is 0. The lowest BCUT2D eigenvalue weighted by molar-refractivity contribution is 0.249. The molecule has 2 aliphatic heterocycles. The summed E-state index contributed by atoms with van der Waals surface area (Å²) in [5.74, 6) is 1.98. The van der Waals surface area contributed by atoms with Crippen molar-refractivity contribution in [2.45, 2.75) is 19.4 Å². The Hall–Kier alpha value is -2.37. The summed E-state index contributed by atoms with van der Waals surface area (Å²) in [6.45, 7) is 7.07. The molecule has 150 valence electrons. The van der Waals surface area contributed by atoms with Gasteiger partial charge in [0.05, 0.1) is 5.52 Å². The molecule has 6 heteroatoms. The van der Waals surface area contributed by atoms with Gasteiger partial charge >= 0.3 is 0 Å². The van der Waals surface area contributed by atoms with E-state index in [1.807, 2.05) is 12.1 Å². The van der Waals surface area contributed by atoms with Gasteiger partial charge in [-0.1, -0.05) is 35.9 Å². The van der Waals surface area contributed by atoms with E-state index in [0.29, 0.717) is 0 Å². The highest BCUT2D eigenvalue weighted by Crippen LogP contribution is 2.29. The van der Waals surface area contributed by atoms with Crippen molar-refractivity contribution in [3.8, 4) is 0 Å². The second-order valence-corrected chi connectivity index (χ2v) is 8.38. The minimum absolute atomic E-state index is 0.792. The zero-order valence-corrected chi connectivity index (χ0v) is 17.4. The Kier molecular flexibility index (Phi) is 5.25. The van der Waals surface area contributed by atoms with Crippen LogP contribution in [0.2, 0.25) is 5.02 Å². The number of nitrogens with zero attached hydrogens (tertiary/aromatic N) is 5. The Morgan fingerprint density at radius 1 is 0.759 bits per heavy atom. The molecular formula is C23H26ClN5. The van der Waals surface area contributed by atoms with Gasteiger partial charge in [-0.15, -0.1) is 0 Å². The highest BCUT2D eigenvalue weighted by molar-refractivity contribution is 6.30. The molecule has 0 unspecified atom stereocenters. The van der Waals surface area contributed by atoms with Crippen molar-refractivity contribution in [1.82, 2.24) is 14.9 Å². The van der Waals surface area contributed by atoms with E-state index < -0.39 is 0 Å². The number of halogens is 1. The van der Waals surface area contributed by atoms with Gasteiger partial charge in [-0.05, 0) is 42.7 Å². The fraction of sp³-hybridized carbons (Fsp3) is 0.391. The van der Waals surface area contributed by atoms with Crippen molar-refractivity contribution in [1.29, 1.82) is 0 Å². The summed E-state index contributed by atoms with van der Waals surface area (Å²) in [5.41, 5.74) is 2.35. The third-order valence-electron chi connectivity index (χ3n) is 5.95. The molecule has 0 saturated carbocycles. The van der Waals surface area contributed by atoms with Crippen LogP contribution in [0.1, 0.15) is 18.4 Å². The average Bonchev–Trinajstić information content (AvgIpc) is 3.30. The first-order valence-corrected chi connectivity index (χ1v) is 10.9. The van der Waals surface area contributed by atoms with Crippen LogP contribution in [0.5, 0.6) is 0 Å². The maximum absolute atomic E-state index is 6.01. The normalized spacial score (nSPS) is 18.0. The van der Waals surface area contributed by atoms with E-state index in [1.165, 1.54) is 23.8 Å². The first-order valence-electron chi connectivity index (χ1n) is 10.5. The molecule has 5 rings (SSSR count). The maximum atomic E-state index is 6.01. The van der Waals surface area contributed by atoms with Crippen LogP contribution < -0.4 is 9.80 Å². The van der Waals surface area contributed by atoms with Gasteiger partial charge < -0.3 is 9.80 Å². The van der Waals surface area contributed by atoms with Crippen molar-refractivity contribution < 1.29 is 0 Å². The highest BCUT2D eigenvalue weighted by atomic mass is 35.5. The third kappa shape index (κ3) is 4.02. The molecule has 3 aromatic rings. The number of piperazine rings is 1. The Labute approximate surface area is 176 Å². The molecule has 2 aliphatic rings. The summed E-state index contributed by atoms with van der Waals surface area (Å²) in [7, 11) is 0. The lowest BCUT2D eigenvalue weighted by Gasteiger charge is -2.35. The summed E-state index contributed by atoms with van der Waals surface area (Å²) in [5, 5.41) is 1.96. The van der Waals surface area contributed by atoms with Crippen molar-refractivity contribution >= 4 is 34.3 Å². The topological polar surface area (TPSA) is 35.5 Å². The quantitative estimate of drug-likeness (QED) is 0.647. The fourth-order valence-corrected chi connectivity index (χ4v) is 4.44. The molecule has 0 N–H and O–H groups in total. The Morgan fingerprint density at radius 3 is 2.24 bits per heavy atom. The summed E-state index contributed by atoms with van der Waals surface area (Å²) in [6.07, 6.45) is 2.49. The molecule has 0 atom stereocenters. The lowest BCUT2D eigenvalue weighted by atomic mass is 10.2. The van der Waals surface area contributed by atoms with Gasteiger partial charge in [-0.3, -0.25) is 4.90 Å². The van der Waals surface area contributed by atoms with Crippen LogP contribution >= 0.6 is 11.6 Å². The molecule has 2 saturated heterocycles. The number of hydrogen-bond donors (Lipinski definition) is 0. The van der Waals surface area contributed by atoms with Crippen LogP contribution in [0.4, 0.5) is 11.8 Å². The number of anilines is 2. The molecule has 2 fully saturated rings. The SMILES string of the molecule is Clc1ccc(CN2CCN(c3nc(N4CCCC4)c4ccccc4n3)CC2)cc1. The molecule has 0 aliphatic carbocycles. The number of hydrogen-bond acceptors (Lipinski definition) is 5. The first-order chi connectivity index (χ1) is 14.3. The third-order valence-corrected chi connectivity index (χ3v) is 6.20. The number of benzene rings is 2. The van der Waals surface area contributed by atoms with Crippen LogP contribution in [-0.4, -0.2) is 54.1 Å². The van der Waals surface area contributed by atoms with Gasteiger partial charge in [0.1, 0.15) is 5.82 Å².